The normalized spacial score (nSPS) is 11.9. The van der Waals surface area contributed by atoms with Gasteiger partial charge in [0, 0.05) is 17.1 Å². The van der Waals surface area contributed by atoms with E-state index < -0.39 is 0 Å². The Bertz CT molecular complexity index is 717. The number of para-hydroxylation sites is 1. The molecule has 0 saturated heterocycles. The Hall–Kier alpha value is -1.71. The first-order valence-corrected chi connectivity index (χ1v) is 8.61. The van der Waals surface area contributed by atoms with Gasteiger partial charge in [0.1, 0.15) is 5.75 Å². The van der Waals surface area contributed by atoms with Crippen LogP contribution < -0.4 is 10.1 Å². The van der Waals surface area contributed by atoms with Gasteiger partial charge in [0.05, 0.1) is 11.1 Å². The van der Waals surface area contributed by atoms with Crippen molar-refractivity contribution in [1.82, 2.24) is 0 Å². The van der Waals surface area contributed by atoms with Crippen molar-refractivity contribution in [2.45, 2.75) is 39.7 Å². The van der Waals surface area contributed by atoms with Gasteiger partial charge in [-0.25, -0.2) is 0 Å². The van der Waals surface area contributed by atoms with Crippen molar-refractivity contribution in [3.05, 3.63) is 57.6 Å². The number of halogens is 2. The zero-order valence-electron chi connectivity index (χ0n) is 14.0. The lowest BCUT2D eigenvalue weighted by atomic mass is 10.1. The molecule has 1 atom stereocenters. The lowest BCUT2D eigenvalue weighted by Gasteiger charge is -2.18. The van der Waals surface area contributed by atoms with E-state index in [-0.39, 0.29) is 12.0 Å². The average Bonchev–Trinajstić information content (AvgIpc) is 2.57. The van der Waals surface area contributed by atoms with E-state index in [1.807, 2.05) is 57.2 Å². The standard InChI is InChI=1S/C19H21Cl2NO2/c1-12-11-16(19(21)14(3)18(12)20)24-13(2)9-10-17(23)22-15-7-5-4-6-8-15/h4-8,11,13H,9-10H2,1-3H3,(H,22,23). The Kier molecular flexibility index (Phi) is 6.52. The minimum absolute atomic E-state index is 0.0359. The first-order valence-electron chi connectivity index (χ1n) is 7.85. The Labute approximate surface area is 152 Å². The molecule has 0 saturated carbocycles. The van der Waals surface area contributed by atoms with Crippen molar-refractivity contribution < 1.29 is 9.53 Å². The fourth-order valence-corrected chi connectivity index (χ4v) is 2.73. The van der Waals surface area contributed by atoms with Crippen LogP contribution in [0.3, 0.4) is 0 Å². The van der Waals surface area contributed by atoms with E-state index in [0.29, 0.717) is 28.6 Å². The summed E-state index contributed by atoms with van der Waals surface area (Å²) >= 11 is 12.5. The summed E-state index contributed by atoms with van der Waals surface area (Å²) in [5.74, 6) is 0.568. The van der Waals surface area contributed by atoms with Crippen LogP contribution in [-0.4, -0.2) is 12.0 Å². The zero-order valence-corrected chi connectivity index (χ0v) is 15.5. The van der Waals surface area contributed by atoms with Gasteiger partial charge in [-0.15, -0.1) is 0 Å². The van der Waals surface area contributed by atoms with Crippen molar-refractivity contribution in [2.75, 3.05) is 5.32 Å². The number of rotatable bonds is 6. The Morgan fingerprint density at radius 2 is 1.83 bits per heavy atom. The number of amides is 1. The maximum atomic E-state index is 12.0. The topological polar surface area (TPSA) is 38.3 Å². The molecule has 2 aromatic carbocycles. The average molecular weight is 366 g/mol. The molecule has 0 heterocycles. The highest BCUT2D eigenvalue weighted by Crippen LogP contribution is 2.36. The summed E-state index contributed by atoms with van der Waals surface area (Å²) in [4.78, 5) is 12.0. The van der Waals surface area contributed by atoms with Gasteiger partial charge in [0.25, 0.3) is 0 Å². The third kappa shape index (κ3) is 4.89. The predicted octanol–water partition coefficient (Wildman–Crippen LogP) is 5.80. The van der Waals surface area contributed by atoms with Gasteiger partial charge < -0.3 is 10.1 Å². The first kappa shape index (κ1) is 18.6. The molecule has 0 aliphatic heterocycles. The molecule has 1 amide bonds. The Morgan fingerprint density at radius 1 is 1.17 bits per heavy atom. The van der Waals surface area contributed by atoms with Gasteiger partial charge in [-0.05, 0) is 56.5 Å². The van der Waals surface area contributed by atoms with Crippen molar-refractivity contribution in [3.8, 4) is 5.75 Å². The van der Waals surface area contributed by atoms with Crippen LogP contribution in [0.4, 0.5) is 5.69 Å². The molecule has 0 aliphatic carbocycles. The van der Waals surface area contributed by atoms with Crippen LogP contribution in [0.2, 0.25) is 10.0 Å². The molecular formula is C19H21Cl2NO2. The third-order valence-electron chi connectivity index (χ3n) is 3.73. The highest BCUT2D eigenvalue weighted by atomic mass is 35.5. The molecule has 0 aromatic heterocycles. The van der Waals surface area contributed by atoms with Gasteiger partial charge in [-0.2, -0.15) is 0 Å². The third-order valence-corrected chi connectivity index (χ3v) is 4.78. The SMILES string of the molecule is Cc1cc(OC(C)CCC(=O)Nc2ccccc2)c(Cl)c(C)c1Cl. The van der Waals surface area contributed by atoms with Crippen LogP contribution in [0.15, 0.2) is 36.4 Å². The number of carbonyl (C=O) groups is 1. The number of ether oxygens (including phenoxy) is 1. The second-order valence-electron chi connectivity index (χ2n) is 5.83. The molecule has 5 heteroatoms. The summed E-state index contributed by atoms with van der Waals surface area (Å²) < 4.78 is 5.89. The summed E-state index contributed by atoms with van der Waals surface area (Å²) in [5, 5.41) is 4.03. The molecule has 0 radical (unpaired) electrons. The molecule has 0 spiro atoms. The molecule has 0 aliphatic rings. The van der Waals surface area contributed by atoms with Crippen LogP contribution in [0.5, 0.6) is 5.75 Å². The van der Waals surface area contributed by atoms with Crippen molar-refractivity contribution in [2.24, 2.45) is 0 Å². The molecule has 1 unspecified atom stereocenters. The maximum Gasteiger partial charge on any atom is 0.224 e. The number of carbonyl (C=O) groups excluding carboxylic acids is 1. The van der Waals surface area contributed by atoms with E-state index in [4.69, 9.17) is 27.9 Å². The molecule has 3 nitrogen and oxygen atoms in total. The van der Waals surface area contributed by atoms with E-state index >= 15 is 0 Å². The van der Waals surface area contributed by atoms with Crippen LogP contribution >= 0.6 is 23.2 Å². The number of nitrogens with one attached hydrogen (secondary N) is 1. The fourth-order valence-electron chi connectivity index (χ4n) is 2.34. The summed E-state index contributed by atoms with van der Waals surface area (Å²) in [6, 6.07) is 11.2. The summed E-state index contributed by atoms with van der Waals surface area (Å²) in [7, 11) is 0. The summed E-state index contributed by atoms with van der Waals surface area (Å²) in [6.07, 6.45) is 0.832. The first-order chi connectivity index (χ1) is 11.4. The fraction of sp³-hybridized carbons (Fsp3) is 0.316. The van der Waals surface area contributed by atoms with Gasteiger partial charge in [0.2, 0.25) is 5.91 Å². The monoisotopic (exact) mass is 365 g/mol. The van der Waals surface area contributed by atoms with Gasteiger partial charge in [0.15, 0.2) is 0 Å². The second kappa shape index (κ2) is 8.41. The van der Waals surface area contributed by atoms with Crippen LogP contribution in [-0.2, 0) is 4.79 Å². The second-order valence-corrected chi connectivity index (χ2v) is 6.58. The maximum absolute atomic E-state index is 12.0. The zero-order chi connectivity index (χ0) is 17.7. The number of anilines is 1. The molecular weight excluding hydrogens is 345 g/mol. The number of benzene rings is 2. The lowest BCUT2D eigenvalue weighted by molar-refractivity contribution is -0.116. The van der Waals surface area contributed by atoms with Crippen molar-refractivity contribution >= 4 is 34.8 Å². The van der Waals surface area contributed by atoms with Gasteiger partial charge >= 0.3 is 0 Å². The summed E-state index contributed by atoms with van der Waals surface area (Å²) in [6.45, 7) is 5.70. The van der Waals surface area contributed by atoms with Crippen LogP contribution in [0, 0.1) is 13.8 Å². The smallest absolute Gasteiger partial charge is 0.224 e. The molecule has 128 valence electrons. The molecule has 24 heavy (non-hydrogen) atoms. The van der Waals surface area contributed by atoms with E-state index in [2.05, 4.69) is 5.32 Å². The molecule has 0 fully saturated rings. The van der Waals surface area contributed by atoms with E-state index in [1.54, 1.807) is 0 Å². The van der Waals surface area contributed by atoms with Crippen molar-refractivity contribution in [3.63, 3.8) is 0 Å². The minimum Gasteiger partial charge on any atom is -0.489 e. The summed E-state index contributed by atoms with van der Waals surface area (Å²) in [5.41, 5.74) is 2.52. The number of aryl methyl sites for hydroxylation is 1. The van der Waals surface area contributed by atoms with Crippen molar-refractivity contribution in [1.29, 1.82) is 0 Å². The van der Waals surface area contributed by atoms with Crippen LogP contribution in [0.1, 0.15) is 30.9 Å². The molecule has 0 bridgehead atoms. The van der Waals surface area contributed by atoms with E-state index in [9.17, 15) is 4.79 Å². The highest BCUT2D eigenvalue weighted by molar-refractivity contribution is 6.37. The Morgan fingerprint density at radius 3 is 2.50 bits per heavy atom. The largest absolute Gasteiger partial charge is 0.489 e. The highest BCUT2D eigenvalue weighted by Gasteiger charge is 2.15. The molecule has 2 rings (SSSR count). The quantitative estimate of drug-likeness (QED) is 0.702. The molecule has 1 N–H and O–H groups in total. The Balaban J connectivity index is 1.90. The van der Waals surface area contributed by atoms with Gasteiger partial charge in [-0.1, -0.05) is 41.4 Å². The van der Waals surface area contributed by atoms with E-state index in [0.717, 1.165) is 16.8 Å². The lowest BCUT2D eigenvalue weighted by Crippen LogP contribution is -2.18. The number of hydrogen-bond donors (Lipinski definition) is 1. The van der Waals surface area contributed by atoms with Crippen LogP contribution in [0.25, 0.3) is 0 Å². The predicted molar refractivity (Wildman–Crippen MR) is 100 cm³/mol. The minimum atomic E-state index is -0.135. The number of hydrogen-bond acceptors (Lipinski definition) is 2. The van der Waals surface area contributed by atoms with Gasteiger partial charge in [-0.3, -0.25) is 4.79 Å². The van der Waals surface area contributed by atoms with E-state index in [1.165, 1.54) is 0 Å². The molecule has 2 aromatic rings.